The van der Waals surface area contributed by atoms with Crippen molar-refractivity contribution in [2.24, 2.45) is 0 Å². The summed E-state index contributed by atoms with van der Waals surface area (Å²) in [4.78, 5) is 0. The molecule has 0 unspecified atom stereocenters. The normalized spacial score (nSPS) is 10.6. The van der Waals surface area contributed by atoms with Crippen LogP contribution in [-0.4, -0.2) is 20.8 Å². The number of rotatable bonds is 10. The topological polar surface area (TPSA) is 39.7 Å². The van der Waals surface area contributed by atoms with E-state index in [0.29, 0.717) is 6.61 Å². The van der Waals surface area contributed by atoms with Gasteiger partial charge in [-0.2, -0.15) is 0 Å². The number of hydrogen-bond acceptors (Lipinski definition) is 4. The van der Waals surface area contributed by atoms with Gasteiger partial charge in [-0.1, -0.05) is 48.0 Å². The third-order valence-electron chi connectivity index (χ3n) is 4.85. The predicted octanol–water partition coefficient (Wildman–Crippen LogP) is 4.92. The van der Waals surface area contributed by atoms with Gasteiger partial charge in [-0.25, -0.2) is 0 Å². The Morgan fingerprint density at radius 1 is 0.759 bits per heavy atom. The quantitative estimate of drug-likeness (QED) is 0.498. The second-order valence-electron chi connectivity index (χ2n) is 7.02. The summed E-state index contributed by atoms with van der Waals surface area (Å²) in [6.07, 6.45) is 0.962. The summed E-state index contributed by atoms with van der Waals surface area (Å²) in [6, 6.07) is 22.6. The van der Waals surface area contributed by atoms with E-state index in [-0.39, 0.29) is 0 Å². The molecular formula is C25H29NO3. The summed E-state index contributed by atoms with van der Waals surface area (Å²) in [5.74, 6) is 2.53. The van der Waals surface area contributed by atoms with Crippen LogP contribution in [0, 0.1) is 6.92 Å². The molecular weight excluding hydrogens is 362 g/mol. The molecule has 0 heterocycles. The molecule has 1 N–H and O–H groups in total. The monoisotopic (exact) mass is 391 g/mol. The molecule has 0 bridgehead atoms. The van der Waals surface area contributed by atoms with Crippen LogP contribution < -0.4 is 19.5 Å². The van der Waals surface area contributed by atoms with Crippen molar-refractivity contribution in [2.75, 3.05) is 20.8 Å². The van der Waals surface area contributed by atoms with Gasteiger partial charge in [0.2, 0.25) is 0 Å². The van der Waals surface area contributed by atoms with Gasteiger partial charge in [0, 0.05) is 18.2 Å². The first-order valence-corrected chi connectivity index (χ1v) is 9.87. The predicted molar refractivity (Wildman–Crippen MR) is 117 cm³/mol. The van der Waals surface area contributed by atoms with E-state index in [2.05, 4.69) is 54.7 Å². The first-order valence-electron chi connectivity index (χ1n) is 9.87. The van der Waals surface area contributed by atoms with Gasteiger partial charge < -0.3 is 19.5 Å². The zero-order valence-electron chi connectivity index (χ0n) is 17.4. The lowest BCUT2D eigenvalue weighted by atomic mass is 10.1. The molecule has 3 aromatic carbocycles. The van der Waals surface area contributed by atoms with Crippen molar-refractivity contribution >= 4 is 0 Å². The van der Waals surface area contributed by atoms with Crippen LogP contribution in [-0.2, 0) is 19.6 Å². The maximum Gasteiger partial charge on any atom is 0.127 e. The third-order valence-corrected chi connectivity index (χ3v) is 4.85. The summed E-state index contributed by atoms with van der Waals surface area (Å²) < 4.78 is 16.7. The van der Waals surface area contributed by atoms with Crippen LogP contribution in [0.2, 0.25) is 0 Å². The van der Waals surface area contributed by atoms with Gasteiger partial charge in [-0.05, 0) is 49.2 Å². The number of methoxy groups -OCH3 is 2. The maximum atomic E-state index is 5.92. The highest BCUT2D eigenvalue weighted by molar-refractivity contribution is 5.41. The lowest BCUT2D eigenvalue weighted by Crippen LogP contribution is -2.17. The first-order chi connectivity index (χ1) is 14.2. The second-order valence-corrected chi connectivity index (χ2v) is 7.02. The van der Waals surface area contributed by atoms with E-state index in [1.165, 1.54) is 11.1 Å². The average molecular weight is 392 g/mol. The Morgan fingerprint density at radius 3 is 2.14 bits per heavy atom. The molecule has 4 heteroatoms. The first kappa shape index (κ1) is 20.7. The molecule has 0 fully saturated rings. The van der Waals surface area contributed by atoms with Gasteiger partial charge in [0.15, 0.2) is 0 Å². The Morgan fingerprint density at radius 2 is 1.45 bits per heavy atom. The summed E-state index contributed by atoms with van der Waals surface area (Å²) in [5, 5.41) is 3.48. The number of benzene rings is 3. The van der Waals surface area contributed by atoms with Crippen molar-refractivity contribution < 1.29 is 14.2 Å². The summed E-state index contributed by atoms with van der Waals surface area (Å²) >= 11 is 0. The minimum atomic E-state index is 0.545. The summed E-state index contributed by atoms with van der Waals surface area (Å²) in [5.41, 5.74) is 4.80. The molecule has 3 rings (SSSR count). The second kappa shape index (κ2) is 10.5. The Balaban J connectivity index is 1.49. The SMILES string of the molecule is COc1ccc(CCNCc2ccc(OCc3ccc(C)cc3)cc2OC)cc1. The molecule has 3 aromatic rings. The van der Waals surface area contributed by atoms with E-state index in [1.54, 1.807) is 14.2 Å². The van der Waals surface area contributed by atoms with Crippen LogP contribution in [0.1, 0.15) is 22.3 Å². The van der Waals surface area contributed by atoms with Crippen LogP contribution in [0.3, 0.4) is 0 Å². The van der Waals surface area contributed by atoms with Crippen LogP contribution >= 0.6 is 0 Å². The Labute approximate surface area is 173 Å². The fourth-order valence-corrected chi connectivity index (χ4v) is 3.06. The van der Waals surface area contributed by atoms with Crippen molar-refractivity contribution in [3.63, 3.8) is 0 Å². The molecule has 0 aliphatic carbocycles. The zero-order valence-corrected chi connectivity index (χ0v) is 17.4. The largest absolute Gasteiger partial charge is 0.497 e. The van der Waals surface area contributed by atoms with E-state index in [1.807, 2.05) is 24.3 Å². The highest BCUT2D eigenvalue weighted by Crippen LogP contribution is 2.25. The van der Waals surface area contributed by atoms with E-state index >= 15 is 0 Å². The standard InChI is InChI=1S/C25H29NO3/c1-19-4-6-21(7-5-19)18-29-24-13-10-22(25(16-24)28-3)17-26-15-14-20-8-11-23(27-2)12-9-20/h4-13,16,26H,14-15,17-18H2,1-3H3. The van der Waals surface area contributed by atoms with Gasteiger partial charge in [0.05, 0.1) is 14.2 Å². The van der Waals surface area contributed by atoms with Crippen LogP contribution in [0.15, 0.2) is 66.7 Å². The molecule has 4 nitrogen and oxygen atoms in total. The van der Waals surface area contributed by atoms with Gasteiger partial charge >= 0.3 is 0 Å². The van der Waals surface area contributed by atoms with Gasteiger partial charge in [0.25, 0.3) is 0 Å². The number of aryl methyl sites for hydroxylation is 1. The smallest absolute Gasteiger partial charge is 0.127 e. The maximum absolute atomic E-state index is 5.92. The highest BCUT2D eigenvalue weighted by Gasteiger charge is 2.06. The van der Waals surface area contributed by atoms with Crippen molar-refractivity contribution in [1.82, 2.24) is 5.32 Å². The molecule has 0 spiro atoms. The van der Waals surface area contributed by atoms with E-state index < -0.39 is 0 Å². The summed E-state index contributed by atoms with van der Waals surface area (Å²) in [6.45, 7) is 4.26. The van der Waals surface area contributed by atoms with Crippen molar-refractivity contribution in [3.8, 4) is 17.2 Å². The lowest BCUT2D eigenvalue weighted by Gasteiger charge is -2.13. The van der Waals surface area contributed by atoms with Crippen molar-refractivity contribution in [1.29, 1.82) is 0 Å². The molecule has 0 saturated carbocycles. The van der Waals surface area contributed by atoms with Crippen LogP contribution in [0.25, 0.3) is 0 Å². The molecule has 29 heavy (non-hydrogen) atoms. The molecule has 0 atom stereocenters. The fraction of sp³-hybridized carbons (Fsp3) is 0.280. The molecule has 0 amide bonds. The Hall–Kier alpha value is -2.98. The number of nitrogens with one attached hydrogen (secondary N) is 1. The molecule has 0 radical (unpaired) electrons. The van der Waals surface area contributed by atoms with Crippen molar-refractivity contribution in [2.45, 2.75) is 26.5 Å². The number of hydrogen-bond donors (Lipinski definition) is 1. The lowest BCUT2D eigenvalue weighted by molar-refractivity contribution is 0.303. The third kappa shape index (κ3) is 6.26. The zero-order chi connectivity index (χ0) is 20.5. The van der Waals surface area contributed by atoms with E-state index in [9.17, 15) is 0 Å². The van der Waals surface area contributed by atoms with Gasteiger partial charge in [-0.3, -0.25) is 0 Å². The van der Waals surface area contributed by atoms with Crippen LogP contribution in [0.5, 0.6) is 17.2 Å². The Kier molecular flexibility index (Phi) is 7.54. The summed E-state index contributed by atoms with van der Waals surface area (Å²) in [7, 11) is 3.38. The van der Waals surface area contributed by atoms with E-state index in [0.717, 1.165) is 47.9 Å². The molecule has 0 aliphatic rings. The Bertz CT molecular complexity index is 889. The molecule has 0 saturated heterocycles. The van der Waals surface area contributed by atoms with Crippen LogP contribution in [0.4, 0.5) is 0 Å². The molecule has 0 aliphatic heterocycles. The molecule has 152 valence electrons. The average Bonchev–Trinajstić information content (AvgIpc) is 2.77. The van der Waals surface area contributed by atoms with Gasteiger partial charge in [-0.15, -0.1) is 0 Å². The van der Waals surface area contributed by atoms with Gasteiger partial charge in [0.1, 0.15) is 23.9 Å². The minimum absolute atomic E-state index is 0.545. The van der Waals surface area contributed by atoms with E-state index in [4.69, 9.17) is 14.2 Å². The highest BCUT2D eigenvalue weighted by atomic mass is 16.5. The number of ether oxygens (including phenoxy) is 3. The molecule has 0 aromatic heterocycles. The minimum Gasteiger partial charge on any atom is -0.497 e. The fourth-order valence-electron chi connectivity index (χ4n) is 3.06. The van der Waals surface area contributed by atoms with Crippen molar-refractivity contribution in [3.05, 3.63) is 89.0 Å².